The molecule has 0 radical (unpaired) electrons. The first-order chi connectivity index (χ1) is 6.50. The Bertz CT molecular complexity index is 294. The fourth-order valence-corrected chi connectivity index (χ4v) is 0.829. The van der Waals surface area contributed by atoms with Crippen molar-refractivity contribution in [3.05, 3.63) is 18.2 Å². The van der Waals surface area contributed by atoms with Gasteiger partial charge in [-0.3, -0.25) is 4.79 Å². The average molecular weight is 207 g/mol. The number of aromatic nitrogens is 2. The first-order valence-electron chi connectivity index (χ1n) is 3.83. The lowest BCUT2D eigenvalue weighted by Gasteiger charge is -2.06. The minimum atomic E-state index is -4.82. The molecule has 0 saturated carbocycles. The highest BCUT2D eigenvalue weighted by molar-refractivity contribution is 5.81. The molecule has 0 aliphatic heterocycles. The molecular formula is C7H8F3N3O. The Morgan fingerprint density at radius 2 is 2.29 bits per heavy atom. The van der Waals surface area contributed by atoms with Crippen LogP contribution in [-0.4, -0.2) is 28.6 Å². The Hall–Kier alpha value is -1.53. The summed E-state index contributed by atoms with van der Waals surface area (Å²) in [6.45, 7) is -0.0914. The van der Waals surface area contributed by atoms with Gasteiger partial charge < -0.3 is 10.3 Å². The Morgan fingerprint density at radius 1 is 1.57 bits per heavy atom. The summed E-state index contributed by atoms with van der Waals surface area (Å²) in [4.78, 5) is 16.8. The molecule has 0 aromatic carbocycles. The molecule has 0 saturated heterocycles. The second-order valence-electron chi connectivity index (χ2n) is 2.54. The topological polar surface area (TPSA) is 57.8 Å². The van der Waals surface area contributed by atoms with Gasteiger partial charge in [0.05, 0.1) is 0 Å². The van der Waals surface area contributed by atoms with Crippen molar-refractivity contribution in [1.82, 2.24) is 15.3 Å². The van der Waals surface area contributed by atoms with Crippen molar-refractivity contribution >= 4 is 5.91 Å². The van der Waals surface area contributed by atoms with Crippen LogP contribution in [0.25, 0.3) is 0 Å². The minimum Gasteiger partial charge on any atom is -0.349 e. The lowest BCUT2D eigenvalue weighted by molar-refractivity contribution is -0.173. The lowest BCUT2D eigenvalue weighted by Crippen LogP contribution is -2.37. The summed E-state index contributed by atoms with van der Waals surface area (Å²) in [5, 5.41) is 1.74. The van der Waals surface area contributed by atoms with Crippen LogP contribution >= 0.6 is 0 Å². The number of aromatic amines is 1. The standard InChI is InChI=1S/C7H8F3N3O/c8-7(9,10)6(14)13-2-1-5-11-3-4-12-5/h3-4H,1-2H2,(H,11,12)(H,13,14). The summed E-state index contributed by atoms with van der Waals surface area (Å²) in [6.07, 6.45) is -1.53. The van der Waals surface area contributed by atoms with E-state index < -0.39 is 12.1 Å². The van der Waals surface area contributed by atoms with Crippen molar-refractivity contribution in [3.63, 3.8) is 0 Å². The number of amides is 1. The van der Waals surface area contributed by atoms with Gasteiger partial charge in [-0.25, -0.2) is 4.98 Å². The molecule has 4 nitrogen and oxygen atoms in total. The van der Waals surface area contributed by atoms with Crippen LogP contribution in [0, 0.1) is 0 Å². The number of alkyl halides is 3. The predicted octanol–water partition coefficient (Wildman–Crippen LogP) is 0.631. The van der Waals surface area contributed by atoms with Crippen molar-refractivity contribution < 1.29 is 18.0 Å². The smallest absolute Gasteiger partial charge is 0.349 e. The number of hydrogen-bond donors (Lipinski definition) is 2. The minimum absolute atomic E-state index is 0.0914. The maximum absolute atomic E-state index is 11.7. The van der Waals surface area contributed by atoms with Crippen LogP contribution in [0.4, 0.5) is 13.2 Å². The number of nitrogens with zero attached hydrogens (tertiary/aromatic N) is 1. The van der Waals surface area contributed by atoms with Crippen LogP contribution in [0.3, 0.4) is 0 Å². The largest absolute Gasteiger partial charge is 0.471 e. The first-order valence-corrected chi connectivity index (χ1v) is 3.83. The molecule has 1 rings (SSSR count). The number of halogens is 3. The van der Waals surface area contributed by atoms with Gasteiger partial charge in [-0.15, -0.1) is 0 Å². The van der Waals surface area contributed by atoms with Gasteiger partial charge in [0.25, 0.3) is 0 Å². The number of hydrogen-bond acceptors (Lipinski definition) is 2. The molecule has 0 bridgehead atoms. The Labute approximate surface area is 77.5 Å². The van der Waals surface area contributed by atoms with Crippen molar-refractivity contribution in [1.29, 1.82) is 0 Å². The number of carbonyl (C=O) groups is 1. The molecule has 78 valence electrons. The van der Waals surface area contributed by atoms with Crippen LogP contribution in [0.5, 0.6) is 0 Å². The van der Waals surface area contributed by atoms with E-state index in [0.717, 1.165) is 0 Å². The Kier molecular flexibility index (Phi) is 3.10. The molecule has 0 fully saturated rings. The van der Waals surface area contributed by atoms with Gasteiger partial charge in [0.1, 0.15) is 5.82 Å². The van der Waals surface area contributed by atoms with Crippen molar-refractivity contribution in [2.45, 2.75) is 12.6 Å². The maximum Gasteiger partial charge on any atom is 0.471 e. The predicted molar refractivity (Wildman–Crippen MR) is 41.4 cm³/mol. The molecule has 1 amide bonds. The number of rotatable bonds is 3. The average Bonchev–Trinajstić information content (AvgIpc) is 2.55. The fourth-order valence-electron chi connectivity index (χ4n) is 0.829. The monoisotopic (exact) mass is 207 g/mol. The van der Waals surface area contributed by atoms with E-state index in [1.807, 2.05) is 0 Å². The second-order valence-corrected chi connectivity index (χ2v) is 2.54. The molecule has 0 aliphatic rings. The molecule has 14 heavy (non-hydrogen) atoms. The summed E-state index contributed by atoms with van der Waals surface area (Å²) in [5.41, 5.74) is 0. The summed E-state index contributed by atoms with van der Waals surface area (Å²) in [5.74, 6) is -1.39. The quantitative estimate of drug-likeness (QED) is 0.763. The van der Waals surface area contributed by atoms with Gasteiger partial charge in [0.15, 0.2) is 0 Å². The normalized spacial score (nSPS) is 11.4. The van der Waals surface area contributed by atoms with Crippen molar-refractivity contribution in [2.24, 2.45) is 0 Å². The summed E-state index contributed by atoms with van der Waals surface area (Å²) < 4.78 is 35.0. The zero-order valence-electron chi connectivity index (χ0n) is 7.06. The number of H-pyrrole nitrogens is 1. The molecule has 2 N–H and O–H groups in total. The third-order valence-corrected chi connectivity index (χ3v) is 1.46. The molecule has 1 heterocycles. The van der Waals surface area contributed by atoms with E-state index in [9.17, 15) is 18.0 Å². The summed E-state index contributed by atoms with van der Waals surface area (Å²) in [7, 11) is 0. The molecular weight excluding hydrogens is 199 g/mol. The van der Waals surface area contributed by atoms with Gasteiger partial charge in [-0.05, 0) is 0 Å². The first kappa shape index (κ1) is 10.6. The number of nitrogens with one attached hydrogen (secondary N) is 2. The molecule has 0 aliphatic carbocycles. The van der Waals surface area contributed by atoms with E-state index in [1.54, 1.807) is 11.5 Å². The summed E-state index contributed by atoms with van der Waals surface area (Å²) >= 11 is 0. The van der Waals surface area contributed by atoms with E-state index in [4.69, 9.17) is 0 Å². The van der Waals surface area contributed by atoms with Gasteiger partial charge in [0, 0.05) is 25.4 Å². The Morgan fingerprint density at radius 3 is 2.79 bits per heavy atom. The van der Waals surface area contributed by atoms with E-state index in [1.165, 1.54) is 6.20 Å². The third kappa shape index (κ3) is 3.08. The van der Waals surface area contributed by atoms with E-state index >= 15 is 0 Å². The number of imidazole rings is 1. The zero-order valence-corrected chi connectivity index (χ0v) is 7.06. The second kappa shape index (κ2) is 4.12. The maximum atomic E-state index is 11.7. The van der Waals surface area contributed by atoms with E-state index in [0.29, 0.717) is 5.82 Å². The van der Waals surface area contributed by atoms with E-state index in [-0.39, 0.29) is 13.0 Å². The third-order valence-electron chi connectivity index (χ3n) is 1.46. The van der Waals surface area contributed by atoms with Crippen LogP contribution in [0.1, 0.15) is 5.82 Å². The number of carbonyl (C=O) groups excluding carboxylic acids is 1. The van der Waals surface area contributed by atoms with Crippen LogP contribution in [0.2, 0.25) is 0 Å². The molecule has 0 atom stereocenters. The molecule has 1 aromatic heterocycles. The SMILES string of the molecule is O=C(NCCc1ncc[nH]1)C(F)(F)F. The Balaban J connectivity index is 2.26. The molecule has 1 aromatic rings. The highest BCUT2D eigenvalue weighted by atomic mass is 19.4. The van der Waals surface area contributed by atoms with Gasteiger partial charge >= 0.3 is 12.1 Å². The van der Waals surface area contributed by atoms with Gasteiger partial charge in [-0.1, -0.05) is 0 Å². The summed E-state index contributed by atoms with van der Waals surface area (Å²) in [6, 6.07) is 0. The lowest BCUT2D eigenvalue weighted by atomic mass is 10.4. The fraction of sp³-hybridized carbons (Fsp3) is 0.429. The van der Waals surface area contributed by atoms with Crippen LogP contribution < -0.4 is 5.32 Å². The van der Waals surface area contributed by atoms with Gasteiger partial charge in [-0.2, -0.15) is 13.2 Å². The zero-order chi connectivity index (χ0) is 10.6. The molecule has 0 spiro atoms. The molecule has 7 heteroatoms. The van der Waals surface area contributed by atoms with E-state index in [2.05, 4.69) is 9.97 Å². The van der Waals surface area contributed by atoms with Crippen molar-refractivity contribution in [2.75, 3.05) is 6.54 Å². The van der Waals surface area contributed by atoms with Crippen LogP contribution in [0.15, 0.2) is 12.4 Å². The van der Waals surface area contributed by atoms with Crippen molar-refractivity contribution in [3.8, 4) is 0 Å². The van der Waals surface area contributed by atoms with Gasteiger partial charge in [0.2, 0.25) is 0 Å². The highest BCUT2D eigenvalue weighted by Crippen LogP contribution is 2.13. The van der Waals surface area contributed by atoms with Crippen LogP contribution in [-0.2, 0) is 11.2 Å². The molecule has 0 unspecified atom stereocenters. The highest BCUT2D eigenvalue weighted by Gasteiger charge is 2.38.